The Balaban J connectivity index is 2.27. The molecule has 1 fully saturated rings. The van der Waals surface area contributed by atoms with E-state index in [4.69, 9.17) is 10.5 Å². The van der Waals surface area contributed by atoms with Crippen molar-refractivity contribution in [3.63, 3.8) is 0 Å². The second-order valence-corrected chi connectivity index (χ2v) is 5.70. The molecule has 27 heavy (non-hydrogen) atoms. The summed E-state index contributed by atoms with van der Waals surface area (Å²) in [5, 5.41) is 4.31. The highest BCUT2D eigenvalue weighted by molar-refractivity contribution is 6.11. The summed E-state index contributed by atoms with van der Waals surface area (Å²) in [6, 6.07) is 1.90. The van der Waals surface area contributed by atoms with Crippen LogP contribution in [0.2, 0.25) is 0 Å². The molecule has 11 heteroatoms. The Morgan fingerprint density at radius 2 is 2.00 bits per heavy atom. The Kier molecular flexibility index (Phi) is 6.40. The van der Waals surface area contributed by atoms with E-state index in [-0.39, 0.29) is 31.1 Å². The number of carbonyl (C=O) groups is 4. The Morgan fingerprint density at radius 1 is 1.30 bits per heavy atom. The van der Waals surface area contributed by atoms with Crippen LogP contribution in [0.4, 0.5) is 20.2 Å². The molecule has 0 spiro atoms. The number of morpholine rings is 1. The lowest BCUT2D eigenvalue weighted by molar-refractivity contribution is -0.132. The molecule has 1 aromatic carbocycles. The summed E-state index contributed by atoms with van der Waals surface area (Å²) in [6.45, 7) is 1.21. The number of hydrogen-bond donors (Lipinski definition) is 3. The highest BCUT2D eigenvalue weighted by Gasteiger charge is 2.28. The van der Waals surface area contributed by atoms with E-state index < -0.39 is 41.7 Å². The van der Waals surface area contributed by atoms with E-state index in [1.807, 2.05) is 0 Å². The average molecular weight is 384 g/mol. The van der Waals surface area contributed by atoms with Gasteiger partial charge >= 0.3 is 0 Å². The summed E-state index contributed by atoms with van der Waals surface area (Å²) < 4.78 is 31.9. The van der Waals surface area contributed by atoms with Crippen LogP contribution in [0.1, 0.15) is 18.9 Å². The Hall–Kier alpha value is -3.08. The second-order valence-electron chi connectivity index (χ2n) is 5.70. The number of benzene rings is 1. The van der Waals surface area contributed by atoms with Crippen molar-refractivity contribution in [3.05, 3.63) is 23.8 Å². The number of nitrogens with zero attached hydrogens (tertiary/aromatic N) is 1. The van der Waals surface area contributed by atoms with E-state index in [1.54, 1.807) is 0 Å². The fourth-order valence-electron chi connectivity index (χ4n) is 2.51. The number of nitrogens with two attached hydrogens (primary N) is 1. The summed E-state index contributed by atoms with van der Waals surface area (Å²) in [5.41, 5.74) is 4.55. The van der Waals surface area contributed by atoms with Gasteiger partial charge in [-0.1, -0.05) is 0 Å². The molecule has 0 saturated carbocycles. The fourth-order valence-corrected chi connectivity index (χ4v) is 2.51. The van der Waals surface area contributed by atoms with Crippen LogP contribution in [0.3, 0.4) is 0 Å². The Labute approximate surface area is 152 Å². The standard InChI is InChI=1S/C16H18F2N4O5/c1-8(23)20-13(15(19)25)16(26)21-9-2-3-11(10(6-9)14(17)18)22-4-5-27-7-12(22)24/h2-3,6,13-14H,4-5,7H2,1H3,(H2,19,25)(H,20,23)(H,21,26)/t13-/m1/s1. The number of carbonyl (C=O) groups excluding carboxylic acids is 4. The molecule has 1 heterocycles. The van der Waals surface area contributed by atoms with Crippen LogP contribution in [-0.2, 0) is 23.9 Å². The molecule has 146 valence electrons. The van der Waals surface area contributed by atoms with E-state index in [1.165, 1.54) is 17.0 Å². The second kappa shape index (κ2) is 8.54. The lowest BCUT2D eigenvalue weighted by Gasteiger charge is -2.29. The molecule has 1 aromatic rings. The van der Waals surface area contributed by atoms with Crippen LogP contribution >= 0.6 is 0 Å². The predicted molar refractivity (Wildman–Crippen MR) is 90.0 cm³/mol. The maximum absolute atomic E-state index is 13.5. The van der Waals surface area contributed by atoms with Gasteiger partial charge in [-0.05, 0) is 18.2 Å². The molecular formula is C16H18F2N4O5. The molecule has 0 aromatic heterocycles. The highest BCUT2D eigenvalue weighted by atomic mass is 19.3. The number of rotatable bonds is 6. The van der Waals surface area contributed by atoms with Crippen molar-refractivity contribution < 1.29 is 32.7 Å². The van der Waals surface area contributed by atoms with Crippen molar-refractivity contribution in [2.75, 3.05) is 30.0 Å². The normalized spacial score (nSPS) is 15.4. The van der Waals surface area contributed by atoms with Crippen LogP contribution in [0.15, 0.2) is 18.2 Å². The van der Waals surface area contributed by atoms with Crippen LogP contribution in [-0.4, -0.2) is 49.4 Å². The third kappa shape index (κ3) is 4.97. The average Bonchev–Trinajstić information content (AvgIpc) is 2.59. The van der Waals surface area contributed by atoms with Gasteiger partial charge in [0.2, 0.25) is 11.8 Å². The van der Waals surface area contributed by atoms with Gasteiger partial charge in [0.15, 0.2) is 6.04 Å². The minimum atomic E-state index is -2.92. The van der Waals surface area contributed by atoms with Crippen molar-refractivity contribution in [2.45, 2.75) is 19.4 Å². The number of alkyl halides is 2. The van der Waals surface area contributed by atoms with Gasteiger partial charge in [0.25, 0.3) is 18.2 Å². The molecule has 9 nitrogen and oxygen atoms in total. The topological polar surface area (TPSA) is 131 Å². The molecule has 1 saturated heterocycles. The summed E-state index contributed by atoms with van der Waals surface area (Å²) >= 11 is 0. The quantitative estimate of drug-likeness (QED) is 0.590. The number of halogens is 2. The molecule has 4 N–H and O–H groups in total. The molecular weight excluding hydrogens is 366 g/mol. The van der Waals surface area contributed by atoms with E-state index in [2.05, 4.69) is 10.6 Å². The maximum Gasteiger partial charge on any atom is 0.265 e. The zero-order chi connectivity index (χ0) is 20.1. The molecule has 2 rings (SSSR count). The fraction of sp³-hybridized carbons (Fsp3) is 0.375. The van der Waals surface area contributed by atoms with E-state index >= 15 is 0 Å². The molecule has 0 radical (unpaired) electrons. The molecule has 1 atom stereocenters. The van der Waals surface area contributed by atoms with Gasteiger partial charge < -0.3 is 26.0 Å². The van der Waals surface area contributed by atoms with Crippen molar-refractivity contribution in [3.8, 4) is 0 Å². The Bertz CT molecular complexity index is 771. The van der Waals surface area contributed by atoms with Crippen LogP contribution in [0.25, 0.3) is 0 Å². The monoisotopic (exact) mass is 384 g/mol. The van der Waals surface area contributed by atoms with Gasteiger partial charge in [-0.3, -0.25) is 19.2 Å². The van der Waals surface area contributed by atoms with Gasteiger partial charge in [0, 0.05) is 24.7 Å². The molecule has 1 aliphatic rings. The first kappa shape index (κ1) is 20.2. The lowest BCUT2D eigenvalue weighted by atomic mass is 10.1. The zero-order valence-corrected chi connectivity index (χ0v) is 14.3. The summed E-state index contributed by atoms with van der Waals surface area (Å²) in [7, 11) is 0. The number of ether oxygens (including phenoxy) is 1. The van der Waals surface area contributed by atoms with E-state index in [9.17, 15) is 28.0 Å². The predicted octanol–water partition coefficient (Wildman–Crippen LogP) is -0.0841. The third-order valence-corrected chi connectivity index (χ3v) is 3.70. The molecule has 0 aliphatic carbocycles. The number of primary amides is 1. The van der Waals surface area contributed by atoms with Crippen LogP contribution in [0.5, 0.6) is 0 Å². The van der Waals surface area contributed by atoms with Gasteiger partial charge in [-0.25, -0.2) is 8.78 Å². The Morgan fingerprint density at radius 3 is 2.56 bits per heavy atom. The van der Waals surface area contributed by atoms with Crippen molar-refractivity contribution in [1.82, 2.24) is 5.32 Å². The van der Waals surface area contributed by atoms with E-state index in [0.717, 1.165) is 13.0 Å². The van der Waals surface area contributed by atoms with Crippen molar-refractivity contribution in [1.29, 1.82) is 0 Å². The molecule has 0 bridgehead atoms. The number of hydrogen-bond acceptors (Lipinski definition) is 5. The lowest BCUT2D eigenvalue weighted by Crippen LogP contribution is -2.51. The van der Waals surface area contributed by atoms with Crippen molar-refractivity contribution in [2.24, 2.45) is 5.73 Å². The largest absolute Gasteiger partial charge is 0.370 e. The van der Waals surface area contributed by atoms with Gasteiger partial charge in [-0.2, -0.15) is 0 Å². The summed E-state index contributed by atoms with van der Waals surface area (Å²) in [6.07, 6.45) is -2.92. The zero-order valence-electron chi connectivity index (χ0n) is 14.3. The molecule has 0 unspecified atom stereocenters. The SMILES string of the molecule is CC(=O)N[C@H](C(N)=O)C(=O)Nc1ccc(N2CCOCC2=O)c(C(F)F)c1. The summed E-state index contributed by atoms with van der Waals surface area (Å²) in [5.74, 6) is -3.21. The van der Waals surface area contributed by atoms with Gasteiger partial charge in [0.1, 0.15) is 6.61 Å². The van der Waals surface area contributed by atoms with Crippen LogP contribution < -0.4 is 21.3 Å². The smallest absolute Gasteiger partial charge is 0.265 e. The number of amides is 4. The minimum Gasteiger partial charge on any atom is -0.370 e. The third-order valence-electron chi connectivity index (χ3n) is 3.70. The first-order valence-electron chi connectivity index (χ1n) is 7.88. The van der Waals surface area contributed by atoms with E-state index in [0.29, 0.717) is 0 Å². The van der Waals surface area contributed by atoms with Gasteiger partial charge in [0.05, 0.1) is 12.3 Å². The number of anilines is 2. The minimum absolute atomic E-state index is 0.00427. The first-order chi connectivity index (χ1) is 12.7. The molecule has 4 amide bonds. The molecule has 1 aliphatic heterocycles. The van der Waals surface area contributed by atoms with Crippen LogP contribution in [0, 0.1) is 0 Å². The maximum atomic E-state index is 13.5. The number of nitrogens with one attached hydrogen (secondary N) is 2. The highest BCUT2D eigenvalue weighted by Crippen LogP contribution is 2.33. The summed E-state index contributed by atoms with van der Waals surface area (Å²) in [4.78, 5) is 47.6. The van der Waals surface area contributed by atoms with Gasteiger partial charge in [-0.15, -0.1) is 0 Å². The van der Waals surface area contributed by atoms with Crippen molar-refractivity contribution >= 4 is 35.0 Å². The first-order valence-corrected chi connectivity index (χ1v) is 7.88.